The van der Waals surface area contributed by atoms with Crippen LogP contribution < -0.4 is 10.6 Å². The summed E-state index contributed by atoms with van der Waals surface area (Å²) in [5.41, 5.74) is 0. The first kappa shape index (κ1) is 13.4. The predicted molar refractivity (Wildman–Crippen MR) is 60.5 cm³/mol. The lowest BCUT2D eigenvalue weighted by atomic mass is 10.5. The summed E-state index contributed by atoms with van der Waals surface area (Å²) < 4.78 is 1.76. The molecule has 0 bridgehead atoms. The number of carboxylic acids is 1. The van der Waals surface area contributed by atoms with Gasteiger partial charge in [-0.15, -0.1) is 0 Å². The molecule has 0 saturated carbocycles. The van der Waals surface area contributed by atoms with Gasteiger partial charge in [0.1, 0.15) is 0 Å². The first-order valence-electron chi connectivity index (χ1n) is 5.03. The molecule has 1 aromatic heterocycles. The molecule has 0 aliphatic heterocycles. The highest BCUT2D eigenvalue weighted by molar-refractivity contribution is 6.02. The Kier molecular flexibility index (Phi) is 5.10. The zero-order chi connectivity index (χ0) is 13.4. The number of nitrogens with one attached hydrogen (secondary N) is 2. The van der Waals surface area contributed by atoms with Crippen LogP contribution in [0.15, 0.2) is 30.9 Å². The van der Waals surface area contributed by atoms with E-state index < -0.39 is 17.9 Å². The predicted octanol–water partition coefficient (Wildman–Crippen LogP) is -0.650. The van der Waals surface area contributed by atoms with E-state index in [9.17, 15) is 14.4 Å². The van der Waals surface area contributed by atoms with Crippen molar-refractivity contribution in [3.05, 3.63) is 30.9 Å². The number of carbonyl (C=O) groups is 3. The highest BCUT2D eigenvalue weighted by atomic mass is 16.4. The molecule has 1 heterocycles. The summed E-state index contributed by atoms with van der Waals surface area (Å²) >= 11 is 0. The number of hydrogen-bond acceptors (Lipinski definition) is 4. The van der Waals surface area contributed by atoms with Crippen LogP contribution in [0.5, 0.6) is 0 Å². The molecule has 0 fully saturated rings. The maximum atomic E-state index is 11.2. The fraction of sp³-hybridized carbons (Fsp3) is 0.200. The molecule has 0 aliphatic carbocycles. The molecule has 1 rings (SSSR count). The molecule has 0 saturated heterocycles. The van der Waals surface area contributed by atoms with Gasteiger partial charge in [0.25, 0.3) is 5.91 Å². The molecule has 0 atom stereocenters. The third-order valence-electron chi connectivity index (χ3n) is 1.83. The van der Waals surface area contributed by atoms with Crippen LogP contribution in [-0.4, -0.2) is 39.1 Å². The smallest absolute Gasteiger partial charge is 0.328 e. The molecular weight excluding hydrogens is 240 g/mol. The van der Waals surface area contributed by atoms with Gasteiger partial charge in [-0.2, -0.15) is 0 Å². The van der Waals surface area contributed by atoms with Crippen LogP contribution in [0, 0.1) is 0 Å². The van der Waals surface area contributed by atoms with Gasteiger partial charge < -0.3 is 15.0 Å². The third-order valence-corrected chi connectivity index (χ3v) is 1.83. The lowest BCUT2D eigenvalue weighted by Crippen LogP contribution is -2.39. The lowest BCUT2D eigenvalue weighted by Gasteiger charge is -2.05. The van der Waals surface area contributed by atoms with Crippen LogP contribution in [0.3, 0.4) is 0 Å². The standard InChI is InChI=1S/C10H12N4O4/c15-8(1-2-9(16)17)13-10(18)12-4-6-14-5-3-11-7-14/h1-3,5,7H,4,6H2,(H,16,17)(H2,12,13,15,18)/b2-1+. The van der Waals surface area contributed by atoms with Crippen molar-refractivity contribution in [3.63, 3.8) is 0 Å². The largest absolute Gasteiger partial charge is 0.478 e. The van der Waals surface area contributed by atoms with E-state index in [2.05, 4.69) is 10.3 Å². The second-order valence-corrected chi connectivity index (χ2v) is 3.22. The number of carboxylic acid groups (broad SMARTS) is 1. The minimum Gasteiger partial charge on any atom is -0.478 e. The number of imidazole rings is 1. The second-order valence-electron chi connectivity index (χ2n) is 3.22. The average molecular weight is 252 g/mol. The summed E-state index contributed by atoms with van der Waals surface area (Å²) in [6.45, 7) is 0.838. The molecule has 1 aromatic rings. The fourth-order valence-corrected chi connectivity index (χ4v) is 1.06. The minimum atomic E-state index is -1.26. The van der Waals surface area contributed by atoms with Gasteiger partial charge >= 0.3 is 12.0 Å². The fourth-order valence-electron chi connectivity index (χ4n) is 1.06. The minimum absolute atomic E-state index is 0.318. The quantitative estimate of drug-likeness (QED) is 0.602. The van der Waals surface area contributed by atoms with E-state index in [1.807, 2.05) is 5.32 Å². The summed E-state index contributed by atoms with van der Waals surface area (Å²) in [4.78, 5) is 36.1. The van der Waals surface area contributed by atoms with Crippen LogP contribution in [-0.2, 0) is 16.1 Å². The van der Waals surface area contributed by atoms with Gasteiger partial charge in [-0.1, -0.05) is 0 Å². The Morgan fingerprint density at radius 3 is 2.72 bits per heavy atom. The molecule has 3 amide bonds. The normalized spacial score (nSPS) is 10.2. The Morgan fingerprint density at radius 2 is 2.11 bits per heavy atom. The maximum absolute atomic E-state index is 11.2. The number of urea groups is 1. The van der Waals surface area contributed by atoms with Gasteiger partial charge in [0.2, 0.25) is 0 Å². The van der Waals surface area contributed by atoms with Crippen molar-refractivity contribution in [2.24, 2.45) is 0 Å². The SMILES string of the molecule is O=C(O)/C=C/C(=O)NC(=O)NCCn1ccnc1. The van der Waals surface area contributed by atoms with Crippen LogP contribution >= 0.6 is 0 Å². The van der Waals surface area contributed by atoms with Crippen molar-refractivity contribution in [1.82, 2.24) is 20.2 Å². The first-order chi connectivity index (χ1) is 8.58. The topological polar surface area (TPSA) is 113 Å². The second kappa shape index (κ2) is 6.84. The van der Waals surface area contributed by atoms with E-state index >= 15 is 0 Å². The molecule has 8 heteroatoms. The van der Waals surface area contributed by atoms with Crippen molar-refractivity contribution in [3.8, 4) is 0 Å². The molecular formula is C10H12N4O4. The molecule has 0 aliphatic rings. The highest BCUT2D eigenvalue weighted by Crippen LogP contribution is 1.83. The van der Waals surface area contributed by atoms with E-state index in [4.69, 9.17) is 5.11 Å². The summed E-state index contributed by atoms with van der Waals surface area (Å²) in [5, 5.41) is 12.7. The Bertz CT molecular complexity index is 452. The third kappa shape index (κ3) is 5.45. The van der Waals surface area contributed by atoms with E-state index in [1.54, 1.807) is 23.3 Å². The van der Waals surface area contributed by atoms with Crippen molar-refractivity contribution >= 4 is 17.9 Å². The van der Waals surface area contributed by atoms with Gasteiger partial charge in [-0.3, -0.25) is 10.1 Å². The zero-order valence-corrected chi connectivity index (χ0v) is 9.37. The molecule has 0 unspecified atom stereocenters. The van der Waals surface area contributed by atoms with Crippen LogP contribution in [0.4, 0.5) is 4.79 Å². The zero-order valence-electron chi connectivity index (χ0n) is 9.37. The molecule has 18 heavy (non-hydrogen) atoms. The highest BCUT2D eigenvalue weighted by Gasteiger charge is 2.03. The van der Waals surface area contributed by atoms with E-state index in [0.717, 1.165) is 6.08 Å². The van der Waals surface area contributed by atoms with Crippen LogP contribution in [0.1, 0.15) is 0 Å². The Hall–Kier alpha value is -2.64. The number of hydrogen-bond donors (Lipinski definition) is 3. The molecule has 3 N–H and O–H groups in total. The number of aliphatic carboxylic acids is 1. The average Bonchev–Trinajstić information content (AvgIpc) is 2.79. The molecule has 0 spiro atoms. The summed E-state index contributed by atoms with van der Waals surface area (Å²) in [6, 6.07) is -0.685. The maximum Gasteiger partial charge on any atom is 0.328 e. The Morgan fingerprint density at radius 1 is 1.33 bits per heavy atom. The number of imide groups is 1. The van der Waals surface area contributed by atoms with Crippen molar-refractivity contribution in [2.45, 2.75) is 6.54 Å². The van der Waals surface area contributed by atoms with Crippen molar-refractivity contribution in [2.75, 3.05) is 6.54 Å². The number of rotatable bonds is 5. The number of nitrogens with zero attached hydrogens (tertiary/aromatic N) is 2. The number of amides is 3. The molecule has 0 radical (unpaired) electrons. The van der Waals surface area contributed by atoms with E-state index in [0.29, 0.717) is 19.2 Å². The first-order valence-corrected chi connectivity index (χ1v) is 5.03. The lowest BCUT2D eigenvalue weighted by molar-refractivity contribution is -0.131. The van der Waals surface area contributed by atoms with E-state index in [-0.39, 0.29) is 0 Å². The van der Waals surface area contributed by atoms with E-state index in [1.165, 1.54) is 0 Å². The van der Waals surface area contributed by atoms with Gasteiger partial charge in [0, 0.05) is 37.6 Å². The van der Waals surface area contributed by atoms with Crippen molar-refractivity contribution in [1.29, 1.82) is 0 Å². The summed E-state index contributed by atoms with van der Waals surface area (Å²) in [5.74, 6) is -2.05. The van der Waals surface area contributed by atoms with Gasteiger partial charge in [0.15, 0.2) is 0 Å². The summed E-state index contributed by atoms with van der Waals surface area (Å²) in [7, 11) is 0. The monoisotopic (exact) mass is 252 g/mol. The van der Waals surface area contributed by atoms with Crippen LogP contribution in [0.2, 0.25) is 0 Å². The Labute approximate surface area is 102 Å². The molecule has 0 aromatic carbocycles. The Balaban J connectivity index is 2.21. The number of aromatic nitrogens is 2. The van der Waals surface area contributed by atoms with Gasteiger partial charge in [-0.25, -0.2) is 14.6 Å². The molecule has 96 valence electrons. The summed E-state index contributed by atoms with van der Waals surface area (Å²) in [6.07, 6.45) is 6.35. The van der Waals surface area contributed by atoms with Crippen LogP contribution in [0.25, 0.3) is 0 Å². The van der Waals surface area contributed by atoms with Crippen molar-refractivity contribution < 1.29 is 19.5 Å². The number of carbonyl (C=O) groups excluding carboxylic acids is 2. The van der Waals surface area contributed by atoms with Gasteiger partial charge in [-0.05, 0) is 0 Å². The van der Waals surface area contributed by atoms with Gasteiger partial charge in [0.05, 0.1) is 6.33 Å². The molecule has 8 nitrogen and oxygen atoms in total.